The molecular weight excluding hydrogens is 224 g/mol. The SMILES string of the molecule is C=C([C@H](CC)[C@H](O)c1ccccc1)[Si](C)(C)C. The molecule has 2 atom stereocenters. The van der Waals surface area contributed by atoms with E-state index in [-0.39, 0.29) is 5.92 Å². The van der Waals surface area contributed by atoms with E-state index in [0.717, 1.165) is 12.0 Å². The van der Waals surface area contributed by atoms with Gasteiger partial charge in [-0.05, 0) is 12.0 Å². The lowest BCUT2D eigenvalue weighted by molar-refractivity contribution is 0.127. The molecule has 0 saturated heterocycles. The Hall–Kier alpha value is -0.863. The van der Waals surface area contributed by atoms with Crippen LogP contribution in [0.15, 0.2) is 42.1 Å². The fourth-order valence-electron chi connectivity index (χ4n) is 2.10. The summed E-state index contributed by atoms with van der Waals surface area (Å²) in [5.41, 5.74) is 0.999. The summed E-state index contributed by atoms with van der Waals surface area (Å²) in [4.78, 5) is 0. The third-order valence-corrected chi connectivity index (χ3v) is 5.67. The summed E-state index contributed by atoms with van der Waals surface area (Å²) in [5, 5.41) is 11.7. The number of rotatable bonds is 5. The molecule has 0 spiro atoms. The zero-order valence-corrected chi connectivity index (χ0v) is 12.4. The van der Waals surface area contributed by atoms with E-state index in [1.54, 1.807) is 0 Å². The van der Waals surface area contributed by atoms with E-state index in [2.05, 4.69) is 33.1 Å². The Labute approximate surface area is 106 Å². The van der Waals surface area contributed by atoms with Crippen molar-refractivity contribution >= 4 is 8.07 Å². The largest absolute Gasteiger partial charge is 0.388 e. The minimum absolute atomic E-state index is 0.184. The van der Waals surface area contributed by atoms with Crippen molar-refractivity contribution in [1.29, 1.82) is 0 Å². The highest BCUT2D eigenvalue weighted by Crippen LogP contribution is 2.34. The molecule has 0 amide bonds. The first kappa shape index (κ1) is 14.2. The lowest BCUT2D eigenvalue weighted by atomic mass is 9.93. The Morgan fingerprint density at radius 2 is 1.76 bits per heavy atom. The van der Waals surface area contributed by atoms with Crippen LogP contribution in [0.1, 0.15) is 25.0 Å². The number of aliphatic hydroxyl groups excluding tert-OH is 1. The van der Waals surface area contributed by atoms with Crippen molar-refractivity contribution < 1.29 is 5.11 Å². The van der Waals surface area contributed by atoms with Gasteiger partial charge in [0.15, 0.2) is 0 Å². The van der Waals surface area contributed by atoms with Gasteiger partial charge in [-0.15, -0.1) is 6.58 Å². The van der Waals surface area contributed by atoms with Crippen molar-refractivity contribution in [3.63, 3.8) is 0 Å². The fraction of sp³-hybridized carbons (Fsp3) is 0.467. The molecule has 1 rings (SSSR count). The molecule has 0 fully saturated rings. The van der Waals surface area contributed by atoms with E-state index in [1.165, 1.54) is 5.20 Å². The molecule has 0 heterocycles. The van der Waals surface area contributed by atoms with Crippen molar-refractivity contribution in [1.82, 2.24) is 0 Å². The molecule has 0 aromatic heterocycles. The number of hydrogen-bond donors (Lipinski definition) is 1. The Morgan fingerprint density at radius 3 is 2.18 bits per heavy atom. The fourth-order valence-corrected chi connectivity index (χ4v) is 3.57. The first-order valence-electron chi connectivity index (χ1n) is 6.30. The van der Waals surface area contributed by atoms with E-state index in [0.29, 0.717) is 0 Å². The Kier molecular flexibility index (Phi) is 4.72. The summed E-state index contributed by atoms with van der Waals surface area (Å²) >= 11 is 0. The van der Waals surface area contributed by atoms with Gasteiger partial charge >= 0.3 is 0 Å². The van der Waals surface area contributed by atoms with Crippen LogP contribution in [0.25, 0.3) is 0 Å². The summed E-state index contributed by atoms with van der Waals surface area (Å²) in [5.74, 6) is 0.184. The van der Waals surface area contributed by atoms with Crippen LogP contribution < -0.4 is 0 Å². The van der Waals surface area contributed by atoms with Crippen molar-refractivity contribution in [2.75, 3.05) is 0 Å². The molecule has 0 aliphatic rings. The predicted molar refractivity (Wildman–Crippen MR) is 77.7 cm³/mol. The average Bonchev–Trinajstić information content (AvgIpc) is 2.29. The van der Waals surface area contributed by atoms with Crippen molar-refractivity contribution in [3.8, 4) is 0 Å². The summed E-state index contributed by atoms with van der Waals surface area (Å²) in [6.07, 6.45) is 0.527. The van der Waals surface area contributed by atoms with Gasteiger partial charge in [0, 0.05) is 5.92 Å². The smallest absolute Gasteiger partial charge is 0.0851 e. The first-order chi connectivity index (χ1) is 7.88. The molecule has 2 heteroatoms. The second-order valence-electron chi connectivity index (χ2n) is 5.65. The molecule has 1 nitrogen and oxygen atoms in total. The van der Waals surface area contributed by atoms with Gasteiger partial charge in [-0.25, -0.2) is 0 Å². The minimum atomic E-state index is -1.39. The molecule has 17 heavy (non-hydrogen) atoms. The van der Waals surface area contributed by atoms with Crippen LogP contribution in [0, 0.1) is 5.92 Å². The van der Waals surface area contributed by atoms with Crippen molar-refractivity contribution in [3.05, 3.63) is 47.7 Å². The number of hydrogen-bond acceptors (Lipinski definition) is 1. The van der Waals surface area contributed by atoms with Crippen LogP contribution in [-0.4, -0.2) is 13.2 Å². The van der Waals surface area contributed by atoms with Crippen molar-refractivity contribution in [2.24, 2.45) is 5.92 Å². The zero-order valence-electron chi connectivity index (χ0n) is 11.4. The minimum Gasteiger partial charge on any atom is -0.388 e. The van der Waals surface area contributed by atoms with Gasteiger partial charge < -0.3 is 5.11 Å². The Morgan fingerprint density at radius 1 is 1.24 bits per heavy atom. The van der Waals surface area contributed by atoms with Gasteiger partial charge in [-0.1, -0.05) is 62.1 Å². The van der Waals surface area contributed by atoms with Gasteiger partial charge in [0.2, 0.25) is 0 Å². The maximum Gasteiger partial charge on any atom is 0.0851 e. The Balaban J connectivity index is 2.93. The highest BCUT2D eigenvalue weighted by Gasteiger charge is 2.29. The van der Waals surface area contributed by atoms with Crippen LogP contribution in [0.3, 0.4) is 0 Å². The van der Waals surface area contributed by atoms with Crippen LogP contribution in [0.2, 0.25) is 19.6 Å². The van der Waals surface area contributed by atoms with Gasteiger partial charge in [0.25, 0.3) is 0 Å². The second kappa shape index (κ2) is 5.65. The molecule has 0 radical (unpaired) electrons. The standard InChI is InChI=1S/C15H24OSi/c1-6-14(12(2)17(3,4)5)15(16)13-10-8-7-9-11-13/h7-11,14-16H,2,6H2,1,3-5H3/t14-,15+/m0/s1. The number of aliphatic hydroxyl groups is 1. The summed E-state index contributed by atoms with van der Waals surface area (Å²) < 4.78 is 0. The lowest BCUT2D eigenvalue weighted by Crippen LogP contribution is -2.31. The predicted octanol–water partition coefficient (Wildman–Crippen LogP) is 4.18. The van der Waals surface area contributed by atoms with Crippen LogP contribution in [0.5, 0.6) is 0 Å². The average molecular weight is 248 g/mol. The molecule has 1 N–H and O–H groups in total. The van der Waals surface area contributed by atoms with Gasteiger partial charge in [0.1, 0.15) is 0 Å². The molecule has 0 saturated carbocycles. The van der Waals surface area contributed by atoms with Gasteiger partial charge in [0.05, 0.1) is 14.2 Å². The van der Waals surface area contributed by atoms with Crippen molar-refractivity contribution in [2.45, 2.75) is 39.1 Å². The summed E-state index contributed by atoms with van der Waals surface area (Å²) in [6.45, 7) is 13.2. The van der Waals surface area contributed by atoms with E-state index in [4.69, 9.17) is 0 Å². The normalized spacial score (nSPS) is 15.4. The molecule has 0 bridgehead atoms. The Bertz CT molecular complexity index is 364. The molecule has 0 aliphatic heterocycles. The highest BCUT2D eigenvalue weighted by molar-refractivity contribution is 6.83. The maximum atomic E-state index is 10.5. The third-order valence-electron chi connectivity index (χ3n) is 3.37. The summed E-state index contributed by atoms with van der Waals surface area (Å²) in [6, 6.07) is 9.91. The molecule has 1 aromatic carbocycles. The maximum absolute atomic E-state index is 10.5. The summed E-state index contributed by atoms with van der Waals surface area (Å²) in [7, 11) is -1.39. The van der Waals surface area contributed by atoms with E-state index in [9.17, 15) is 5.11 Å². The monoisotopic (exact) mass is 248 g/mol. The number of benzene rings is 1. The van der Waals surface area contributed by atoms with Gasteiger partial charge in [-0.2, -0.15) is 0 Å². The topological polar surface area (TPSA) is 20.2 Å². The molecule has 94 valence electrons. The molecule has 1 aromatic rings. The molecule has 0 aliphatic carbocycles. The van der Waals surface area contributed by atoms with Gasteiger partial charge in [-0.3, -0.25) is 0 Å². The molecule has 0 unspecified atom stereocenters. The zero-order chi connectivity index (χ0) is 13.1. The van der Waals surface area contributed by atoms with E-state index >= 15 is 0 Å². The third kappa shape index (κ3) is 3.55. The quantitative estimate of drug-likeness (QED) is 0.775. The second-order valence-corrected chi connectivity index (χ2v) is 10.8. The highest BCUT2D eigenvalue weighted by atomic mass is 28.3. The van der Waals surface area contributed by atoms with E-state index < -0.39 is 14.2 Å². The van der Waals surface area contributed by atoms with Crippen LogP contribution >= 0.6 is 0 Å². The first-order valence-corrected chi connectivity index (χ1v) is 9.80. The van der Waals surface area contributed by atoms with E-state index in [1.807, 2.05) is 30.3 Å². The van der Waals surface area contributed by atoms with Crippen LogP contribution in [-0.2, 0) is 0 Å². The van der Waals surface area contributed by atoms with Crippen LogP contribution in [0.4, 0.5) is 0 Å². The molecular formula is C15H24OSi. The lowest BCUT2D eigenvalue weighted by Gasteiger charge is -2.31.